The molecule has 0 spiro atoms. The minimum atomic E-state index is -0.365. The molecule has 0 atom stereocenters. The van der Waals surface area contributed by atoms with Gasteiger partial charge >= 0.3 is 5.97 Å². The second-order valence-electron chi connectivity index (χ2n) is 3.60. The van der Waals surface area contributed by atoms with Crippen molar-refractivity contribution in [2.24, 2.45) is 0 Å². The Hall–Kier alpha value is -2.69. The molecule has 2 aromatic carbocycles. The molecule has 0 heterocycles. The molecule has 0 unspecified atom stereocenters. The van der Waals surface area contributed by atoms with E-state index >= 15 is 0 Å². The molecule has 0 saturated carbocycles. The van der Waals surface area contributed by atoms with Crippen LogP contribution in [0.25, 0.3) is 0 Å². The molecule has 3 N–H and O–H groups in total. The number of hydrogen-bond donors (Lipinski definition) is 3. The van der Waals surface area contributed by atoms with Crippen LogP contribution in [0.15, 0.2) is 48.5 Å². The second kappa shape index (κ2) is 6.90. The minimum absolute atomic E-state index is 0.154. The highest BCUT2D eigenvalue weighted by Crippen LogP contribution is 2.15. The van der Waals surface area contributed by atoms with Gasteiger partial charge in [0.05, 0.1) is 0 Å². The summed E-state index contributed by atoms with van der Waals surface area (Å²) in [4.78, 5) is 10.4. The van der Waals surface area contributed by atoms with Gasteiger partial charge in [0.1, 0.15) is 23.0 Å². The maximum atomic E-state index is 10.4. The average molecular weight is 262 g/mol. The molecule has 2 rings (SSSR count). The van der Waals surface area contributed by atoms with Gasteiger partial charge in [0, 0.05) is 6.92 Å². The zero-order chi connectivity index (χ0) is 14.3. The number of benzene rings is 2. The Morgan fingerprint density at radius 2 is 1.11 bits per heavy atom. The van der Waals surface area contributed by atoms with E-state index in [-0.39, 0.29) is 23.2 Å². The van der Waals surface area contributed by atoms with Crippen LogP contribution in [0, 0.1) is 0 Å². The molecular formula is C14H14O5. The molecule has 0 aliphatic carbocycles. The minimum Gasteiger partial charge on any atom is -0.508 e. The maximum Gasteiger partial charge on any atom is 0.308 e. The van der Waals surface area contributed by atoms with Crippen LogP contribution < -0.4 is 4.74 Å². The quantitative estimate of drug-likeness (QED) is 0.417. The normalized spacial score (nSPS) is 9.11. The van der Waals surface area contributed by atoms with Gasteiger partial charge in [-0.1, -0.05) is 0 Å². The molecule has 0 bridgehead atoms. The zero-order valence-corrected chi connectivity index (χ0v) is 10.3. The fourth-order valence-corrected chi connectivity index (χ4v) is 1.13. The predicted octanol–water partition coefficient (Wildman–Crippen LogP) is 2.42. The van der Waals surface area contributed by atoms with E-state index in [2.05, 4.69) is 0 Å². The smallest absolute Gasteiger partial charge is 0.308 e. The number of rotatable bonds is 1. The lowest BCUT2D eigenvalue weighted by Crippen LogP contribution is -2.00. The first kappa shape index (κ1) is 14.4. The second-order valence-corrected chi connectivity index (χ2v) is 3.60. The number of phenolic OH excluding ortho intramolecular Hbond substituents is 3. The van der Waals surface area contributed by atoms with Crippen LogP contribution in [0.5, 0.6) is 23.0 Å². The lowest BCUT2D eigenvalue weighted by atomic mass is 10.3. The number of aromatic hydroxyl groups is 3. The highest BCUT2D eigenvalue weighted by Gasteiger charge is 1.95. The number of esters is 1. The van der Waals surface area contributed by atoms with Crippen molar-refractivity contribution >= 4 is 5.97 Å². The summed E-state index contributed by atoms with van der Waals surface area (Å²) >= 11 is 0. The topological polar surface area (TPSA) is 87.0 Å². The van der Waals surface area contributed by atoms with Crippen LogP contribution >= 0.6 is 0 Å². The van der Waals surface area contributed by atoms with Gasteiger partial charge in [-0.05, 0) is 48.5 Å². The molecule has 100 valence electrons. The highest BCUT2D eigenvalue weighted by atomic mass is 16.5. The third kappa shape index (κ3) is 5.97. The van der Waals surface area contributed by atoms with Gasteiger partial charge in [-0.3, -0.25) is 4.79 Å². The van der Waals surface area contributed by atoms with E-state index in [0.717, 1.165) is 0 Å². The molecule has 0 aliphatic heterocycles. The van der Waals surface area contributed by atoms with Crippen molar-refractivity contribution in [1.82, 2.24) is 0 Å². The Balaban J connectivity index is 0.000000200. The molecule has 0 fully saturated rings. The van der Waals surface area contributed by atoms with Gasteiger partial charge in [0.25, 0.3) is 0 Å². The SMILES string of the molecule is CC(=O)Oc1ccc(O)cc1.Oc1ccc(O)cc1. The number of carbonyl (C=O) groups is 1. The summed E-state index contributed by atoms with van der Waals surface area (Å²) in [5.74, 6) is 0.567. The summed E-state index contributed by atoms with van der Waals surface area (Å²) in [5.41, 5.74) is 0. The van der Waals surface area contributed by atoms with Crippen LogP contribution in [0.2, 0.25) is 0 Å². The predicted molar refractivity (Wildman–Crippen MR) is 69.2 cm³/mol. The third-order valence-electron chi connectivity index (χ3n) is 1.95. The summed E-state index contributed by atoms with van der Waals surface area (Å²) in [6.07, 6.45) is 0. The number of carbonyl (C=O) groups excluding carboxylic acids is 1. The Morgan fingerprint density at radius 1 is 0.789 bits per heavy atom. The van der Waals surface area contributed by atoms with Gasteiger partial charge in [-0.15, -0.1) is 0 Å². The lowest BCUT2D eigenvalue weighted by molar-refractivity contribution is -0.131. The van der Waals surface area contributed by atoms with E-state index in [1.165, 1.54) is 55.5 Å². The first-order chi connectivity index (χ1) is 8.97. The Kier molecular flexibility index (Phi) is 5.22. The molecule has 0 aliphatic rings. The van der Waals surface area contributed by atoms with Gasteiger partial charge in [-0.25, -0.2) is 0 Å². The van der Waals surface area contributed by atoms with E-state index < -0.39 is 0 Å². The van der Waals surface area contributed by atoms with E-state index in [9.17, 15) is 4.79 Å². The Bertz CT molecular complexity index is 496. The largest absolute Gasteiger partial charge is 0.508 e. The monoisotopic (exact) mass is 262 g/mol. The average Bonchev–Trinajstić information content (AvgIpc) is 2.36. The summed E-state index contributed by atoms with van der Waals surface area (Å²) < 4.78 is 4.72. The maximum absolute atomic E-state index is 10.4. The molecule has 5 heteroatoms. The van der Waals surface area contributed by atoms with Crippen LogP contribution in [-0.4, -0.2) is 21.3 Å². The van der Waals surface area contributed by atoms with Crippen LogP contribution in [0.1, 0.15) is 6.92 Å². The molecule has 0 amide bonds. The summed E-state index contributed by atoms with van der Waals surface area (Å²) in [7, 11) is 0. The van der Waals surface area contributed by atoms with Crippen LogP contribution in [0.3, 0.4) is 0 Å². The van der Waals surface area contributed by atoms with Gasteiger partial charge in [0.2, 0.25) is 0 Å². The summed E-state index contributed by atoms with van der Waals surface area (Å²) in [6.45, 7) is 1.33. The number of ether oxygens (including phenoxy) is 1. The van der Waals surface area contributed by atoms with Gasteiger partial charge in [-0.2, -0.15) is 0 Å². The van der Waals surface area contributed by atoms with Crippen molar-refractivity contribution in [2.45, 2.75) is 6.92 Å². The van der Waals surface area contributed by atoms with Crippen molar-refractivity contribution in [1.29, 1.82) is 0 Å². The van der Waals surface area contributed by atoms with Crippen LogP contribution in [0.4, 0.5) is 0 Å². The standard InChI is InChI=1S/C8H8O3.C6H6O2/c1-6(9)11-8-4-2-7(10)3-5-8;7-5-1-2-6(8)4-3-5/h2-5,10H,1H3;1-4,7-8H. The third-order valence-corrected chi connectivity index (χ3v) is 1.95. The van der Waals surface area contributed by atoms with Gasteiger partial charge in [0.15, 0.2) is 0 Å². The van der Waals surface area contributed by atoms with Crippen molar-refractivity contribution in [3.05, 3.63) is 48.5 Å². The lowest BCUT2D eigenvalue weighted by Gasteiger charge is -1.99. The highest BCUT2D eigenvalue weighted by molar-refractivity contribution is 5.69. The first-order valence-corrected chi connectivity index (χ1v) is 5.43. The van der Waals surface area contributed by atoms with Crippen molar-refractivity contribution in [3.8, 4) is 23.0 Å². The van der Waals surface area contributed by atoms with Crippen molar-refractivity contribution < 1.29 is 24.9 Å². The van der Waals surface area contributed by atoms with Crippen LogP contribution in [-0.2, 0) is 4.79 Å². The molecular weight excluding hydrogens is 248 g/mol. The molecule has 0 saturated heterocycles. The molecule has 5 nitrogen and oxygen atoms in total. The number of phenols is 3. The first-order valence-electron chi connectivity index (χ1n) is 5.43. The molecule has 2 aromatic rings. The molecule has 0 aromatic heterocycles. The summed E-state index contributed by atoms with van der Waals surface area (Å²) in [6, 6.07) is 11.7. The fourth-order valence-electron chi connectivity index (χ4n) is 1.13. The zero-order valence-electron chi connectivity index (χ0n) is 10.3. The molecule has 19 heavy (non-hydrogen) atoms. The van der Waals surface area contributed by atoms with Crippen molar-refractivity contribution in [2.75, 3.05) is 0 Å². The van der Waals surface area contributed by atoms with E-state index in [1.807, 2.05) is 0 Å². The van der Waals surface area contributed by atoms with Crippen molar-refractivity contribution in [3.63, 3.8) is 0 Å². The Labute approximate surface area is 110 Å². The van der Waals surface area contributed by atoms with Gasteiger partial charge < -0.3 is 20.1 Å². The molecule has 0 radical (unpaired) electrons. The van der Waals surface area contributed by atoms with E-state index in [0.29, 0.717) is 5.75 Å². The number of hydrogen-bond acceptors (Lipinski definition) is 5. The van der Waals surface area contributed by atoms with E-state index in [4.69, 9.17) is 20.1 Å². The Morgan fingerprint density at radius 3 is 1.42 bits per heavy atom. The summed E-state index contributed by atoms with van der Waals surface area (Å²) in [5, 5.41) is 26.1. The van der Waals surface area contributed by atoms with E-state index in [1.54, 1.807) is 0 Å². The fraction of sp³-hybridized carbons (Fsp3) is 0.0714.